The first kappa shape index (κ1) is 13.3. The Morgan fingerprint density at radius 3 is 2.59 bits per heavy atom. The molecule has 1 aromatic heterocycles. The van der Waals surface area contributed by atoms with Crippen LogP contribution in [-0.2, 0) is 5.88 Å². The van der Waals surface area contributed by atoms with Crippen molar-refractivity contribution in [2.24, 2.45) is 0 Å². The zero-order chi connectivity index (χ0) is 12.4. The van der Waals surface area contributed by atoms with E-state index in [1.807, 2.05) is 24.0 Å². The third-order valence-electron chi connectivity index (χ3n) is 2.75. The first-order valence-electron chi connectivity index (χ1n) is 5.71. The SMILES string of the molecule is CC1CN(c2ncc(CCl)cc2Cl)CC(C)S1. The normalized spacial score (nSPS) is 25.1. The molecule has 0 spiro atoms. The summed E-state index contributed by atoms with van der Waals surface area (Å²) in [5.41, 5.74) is 0.966. The summed E-state index contributed by atoms with van der Waals surface area (Å²) in [5, 5.41) is 1.93. The fraction of sp³-hybridized carbons (Fsp3) is 0.583. The van der Waals surface area contributed by atoms with E-state index in [-0.39, 0.29) is 0 Å². The Kier molecular flexibility index (Phi) is 4.45. The number of hydrogen-bond donors (Lipinski definition) is 0. The van der Waals surface area contributed by atoms with Crippen molar-refractivity contribution < 1.29 is 0 Å². The Morgan fingerprint density at radius 1 is 1.41 bits per heavy atom. The number of halogens is 2. The molecule has 0 aliphatic carbocycles. The third-order valence-corrected chi connectivity index (χ3v) is 4.57. The molecule has 0 aromatic carbocycles. The largest absolute Gasteiger partial charge is 0.353 e. The van der Waals surface area contributed by atoms with Crippen molar-refractivity contribution in [2.45, 2.75) is 30.2 Å². The van der Waals surface area contributed by atoms with Crippen molar-refractivity contribution >= 4 is 40.8 Å². The average molecular weight is 291 g/mol. The van der Waals surface area contributed by atoms with Crippen molar-refractivity contribution in [3.05, 3.63) is 22.8 Å². The van der Waals surface area contributed by atoms with E-state index in [1.165, 1.54) is 0 Å². The number of nitrogens with zero attached hydrogens (tertiary/aromatic N) is 2. The van der Waals surface area contributed by atoms with E-state index in [2.05, 4.69) is 23.7 Å². The summed E-state index contributed by atoms with van der Waals surface area (Å²) in [6.07, 6.45) is 1.81. The lowest BCUT2D eigenvalue weighted by molar-refractivity contribution is 0.718. The van der Waals surface area contributed by atoms with Gasteiger partial charge in [-0.25, -0.2) is 4.98 Å². The Bertz CT molecular complexity index is 390. The standard InChI is InChI=1S/C12H16Cl2N2S/c1-8-6-16(7-9(2)17-8)12-11(14)3-10(4-13)5-15-12/h3,5,8-9H,4,6-7H2,1-2H3. The molecule has 0 N–H and O–H groups in total. The molecule has 1 fully saturated rings. The van der Waals surface area contributed by atoms with Crippen LogP contribution in [-0.4, -0.2) is 28.6 Å². The van der Waals surface area contributed by atoms with Crippen LogP contribution in [0.4, 0.5) is 5.82 Å². The van der Waals surface area contributed by atoms with Gasteiger partial charge < -0.3 is 4.90 Å². The number of rotatable bonds is 2. The van der Waals surface area contributed by atoms with Gasteiger partial charge >= 0.3 is 0 Å². The summed E-state index contributed by atoms with van der Waals surface area (Å²) < 4.78 is 0. The van der Waals surface area contributed by atoms with E-state index in [1.54, 1.807) is 0 Å². The first-order chi connectivity index (χ1) is 8.10. The summed E-state index contributed by atoms with van der Waals surface area (Å²) in [6, 6.07) is 1.91. The van der Waals surface area contributed by atoms with Crippen LogP contribution < -0.4 is 4.90 Å². The summed E-state index contributed by atoms with van der Waals surface area (Å²) in [7, 11) is 0. The van der Waals surface area contributed by atoms with Crippen molar-refractivity contribution in [1.82, 2.24) is 4.98 Å². The number of aromatic nitrogens is 1. The zero-order valence-corrected chi connectivity index (χ0v) is 12.3. The highest BCUT2D eigenvalue weighted by atomic mass is 35.5. The fourth-order valence-corrected chi connectivity index (χ4v) is 3.91. The van der Waals surface area contributed by atoms with Gasteiger partial charge in [-0.1, -0.05) is 25.4 Å². The lowest BCUT2D eigenvalue weighted by atomic mass is 10.2. The molecule has 2 atom stereocenters. The second-order valence-electron chi connectivity index (χ2n) is 4.44. The lowest BCUT2D eigenvalue weighted by Crippen LogP contribution is -2.41. The number of hydrogen-bond acceptors (Lipinski definition) is 3. The van der Waals surface area contributed by atoms with Crippen molar-refractivity contribution in [2.75, 3.05) is 18.0 Å². The predicted molar refractivity (Wildman–Crippen MR) is 77.5 cm³/mol. The molecular formula is C12H16Cl2N2S. The van der Waals surface area contributed by atoms with Gasteiger partial charge in [0.25, 0.3) is 0 Å². The highest BCUT2D eigenvalue weighted by molar-refractivity contribution is 8.00. The van der Waals surface area contributed by atoms with Gasteiger partial charge in [0, 0.05) is 35.7 Å². The van der Waals surface area contributed by atoms with E-state index in [4.69, 9.17) is 23.2 Å². The molecule has 2 unspecified atom stereocenters. The average Bonchev–Trinajstić information content (AvgIpc) is 2.27. The van der Waals surface area contributed by atoms with Crippen molar-refractivity contribution in [1.29, 1.82) is 0 Å². The van der Waals surface area contributed by atoms with Crippen LogP contribution in [0.15, 0.2) is 12.3 Å². The number of pyridine rings is 1. The maximum Gasteiger partial charge on any atom is 0.147 e. The second-order valence-corrected chi connectivity index (χ2v) is 7.00. The van der Waals surface area contributed by atoms with Crippen molar-refractivity contribution in [3.8, 4) is 0 Å². The Balaban J connectivity index is 2.21. The molecule has 1 aliphatic heterocycles. The maximum atomic E-state index is 6.27. The Morgan fingerprint density at radius 2 is 2.06 bits per heavy atom. The number of alkyl halides is 1. The minimum Gasteiger partial charge on any atom is -0.353 e. The zero-order valence-electron chi connectivity index (χ0n) is 9.99. The topological polar surface area (TPSA) is 16.1 Å². The molecular weight excluding hydrogens is 275 g/mol. The molecule has 2 nitrogen and oxygen atoms in total. The molecule has 1 aliphatic rings. The van der Waals surface area contributed by atoms with Gasteiger partial charge in [0.15, 0.2) is 0 Å². The second kappa shape index (κ2) is 5.68. The summed E-state index contributed by atoms with van der Waals surface area (Å²) in [5.74, 6) is 1.34. The van der Waals surface area contributed by atoms with Crippen LogP contribution in [0, 0.1) is 0 Å². The van der Waals surface area contributed by atoms with Gasteiger partial charge in [0.05, 0.1) is 5.02 Å². The van der Waals surface area contributed by atoms with Gasteiger partial charge in [0.2, 0.25) is 0 Å². The Hall–Kier alpha value is -0.120. The first-order valence-corrected chi connectivity index (χ1v) is 7.56. The van der Waals surface area contributed by atoms with E-state index in [0.29, 0.717) is 21.4 Å². The van der Waals surface area contributed by atoms with E-state index < -0.39 is 0 Å². The van der Waals surface area contributed by atoms with Crippen LogP contribution in [0.25, 0.3) is 0 Å². The monoisotopic (exact) mass is 290 g/mol. The summed E-state index contributed by atoms with van der Waals surface area (Å²) in [4.78, 5) is 6.71. The van der Waals surface area contributed by atoms with Gasteiger partial charge in [-0.3, -0.25) is 0 Å². The van der Waals surface area contributed by atoms with Gasteiger partial charge in [0.1, 0.15) is 5.82 Å². The molecule has 1 saturated heterocycles. The maximum absolute atomic E-state index is 6.27. The predicted octanol–water partition coefficient (Wildman–Crippen LogP) is 3.80. The summed E-state index contributed by atoms with van der Waals surface area (Å²) in [6.45, 7) is 6.49. The van der Waals surface area contributed by atoms with Crippen LogP contribution in [0.1, 0.15) is 19.4 Å². The Labute approximate surface area is 117 Å². The van der Waals surface area contributed by atoms with E-state index >= 15 is 0 Å². The molecule has 17 heavy (non-hydrogen) atoms. The third kappa shape index (κ3) is 3.21. The van der Waals surface area contributed by atoms with Crippen LogP contribution >= 0.6 is 35.0 Å². The molecule has 0 saturated carbocycles. The minimum atomic E-state index is 0.454. The molecule has 1 aromatic rings. The van der Waals surface area contributed by atoms with Crippen molar-refractivity contribution in [3.63, 3.8) is 0 Å². The van der Waals surface area contributed by atoms with Crippen LogP contribution in [0.5, 0.6) is 0 Å². The van der Waals surface area contributed by atoms with Crippen LogP contribution in [0.2, 0.25) is 5.02 Å². The smallest absolute Gasteiger partial charge is 0.147 e. The highest BCUT2D eigenvalue weighted by Crippen LogP contribution is 2.31. The molecule has 5 heteroatoms. The molecule has 2 rings (SSSR count). The molecule has 94 valence electrons. The highest BCUT2D eigenvalue weighted by Gasteiger charge is 2.24. The fourth-order valence-electron chi connectivity index (χ4n) is 2.13. The summed E-state index contributed by atoms with van der Waals surface area (Å²) >= 11 is 14.1. The van der Waals surface area contributed by atoms with Gasteiger partial charge in [-0.05, 0) is 11.6 Å². The molecule has 0 radical (unpaired) electrons. The van der Waals surface area contributed by atoms with Gasteiger partial charge in [-0.15, -0.1) is 11.6 Å². The van der Waals surface area contributed by atoms with Gasteiger partial charge in [-0.2, -0.15) is 11.8 Å². The molecule has 0 amide bonds. The minimum absolute atomic E-state index is 0.454. The number of anilines is 1. The van der Waals surface area contributed by atoms with E-state index in [9.17, 15) is 0 Å². The number of thioether (sulfide) groups is 1. The lowest BCUT2D eigenvalue weighted by Gasteiger charge is -2.35. The van der Waals surface area contributed by atoms with Crippen LogP contribution in [0.3, 0.4) is 0 Å². The quantitative estimate of drug-likeness (QED) is 0.771. The molecule has 2 heterocycles. The molecule has 0 bridgehead atoms. The van der Waals surface area contributed by atoms with E-state index in [0.717, 1.165) is 24.5 Å².